The molecule has 1 heterocycles. The van der Waals surface area contributed by atoms with Crippen molar-refractivity contribution in [2.75, 3.05) is 26.2 Å². The number of piperazine rings is 1. The summed E-state index contributed by atoms with van der Waals surface area (Å²) in [7, 11) is 0. The van der Waals surface area contributed by atoms with Crippen LogP contribution in [0.25, 0.3) is 0 Å². The van der Waals surface area contributed by atoms with Crippen LogP contribution in [0.15, 0.2) is 18.2 Å². The predicted molar refractivity (Wildman–Crippen MR) is 69.7 cm³/mol. The van der Waals surface area contributed by atoms with Gasteiger partial charge in [0.25, 0.3) is 0 Å². The van der Waals surface area contributed by atoms with E-state index < -0.39 is 12.2 Å². The molecule has 1 aromatic carbocycles. The van der Waals surface area contributed by atoms with Gasteiger partial charge in [-0.1, -0.05) is 35.3 Å². The van der Waals surface area contributed by atoms with Crippen molar-refractivity contribution in [1.29, 1.82) is 0 Å². The van der Waals surface area contributed by atoms with Crippen molar-refractivity contribution >= 4 is 23.2 Å². The van der Waals surface area contributed by atoms with Gasteiger partial charge in [0.05, 0.1) is 10.0 Å². The van der Waals surface area contributed by atoms with E-state index in [0.717, 1.165) is 0 Å². The molecule has 1 saturated heterocycles. The third kappa shape index (κ3) is 3.34. The highest BCUT2D eigenvalue weighted by Gasteiger charge is 2.45. The van der Waals surface area contributed by atoms with E-state index in [1.807, 2.05) is 0 Å². The standard InChI is InChI=1S/C12H13Cl2F3N2/c13-9-3-1-2-8(10(9)14)11(12(15,16)17)19-6-4-18-5-7-19/h1-3,11,18H,4-7H2/t11-/m1/s1. The Morgan fingerprint density at radius 2 is 1.79 bits per heavy atom. The summed E-state index contributed by atoms with van der Waals surface area (Å²) in [6.07, 6.45) is -4.38. The van der Waals surface area contributed by atoms with Crippen LogP contribution in [0.5, 0.6) is 0 Å². The highest BCUT2D eigenvalue weighted by molar-refractivity contribution is 6.42. The van der Waals surface area contributed by atoms with Crippen molar-refractivity contribution in [2.45, 2.75) is 12.2 Å². The van der Waals surface area contributed by atoms with Crippen molar-refractivity contribution in [3.05, 3.63) is 33.8 Å². The van der Waals surface area contributed by atoms with Gasteiger partial charge in [-0.2, -0.15) is 13.2 Å². The zero-order valence-electron chi connectivity index (χ0n) is 9.97. The molecule has 106 valence electrons. The Morgan fingerprint density at radius 3 is 2.37 bits per heavy atom. The van der Waals surface area contributed by atoms with Gasteiger partial charge in [0, 0.05) is 26.2 Å². The van der Waals surface area contributed by atoms with E-state index in [0.29, 0.717) is 26.2 Å². The second kappa shape index (κ2) is 5.87. The topological polar surface area (TPSA) is 15.3 Å². The van der Waals surface area contributed by atoms with Crippen molar-refractivity contribution in [2.24, 2.45) is 0 Å². The second-order valence-corrected chi connectivity index (χ2v) is 5.16. The smallest absolute Gasteiger partial charge is 0.314 e. The molecule has 0 bridgehead atoms. The molecule has 0 aromatic heterocycles. The molecule has 2 nitrogen and oxygen atoms in total. The summed E-state index contributed by atoms with van der Waals surface area (Å²) < 4.78 is 40.0. The normalized spacial score (nSPS) is 19.4. The molecule has 0 saturated carbocycles. The molecule has 0 amide bonds. The van der Waals surface area contributed by atoms with Crippen LogP contribution in [-0.2, 0) is 0 Å². The van der Waals surface area contributed by atoms with Gasteiger partial charge >= 0.3 is 6.18 Å². The molecule has 1 aliphatic rings. The zero-order chi connectivity index (χ0) is 14.0. The highest BCUT2D eigenvalue weighted by Crippen LogP contribution is 2.42. The van der Waals surface area contributed by atoms with Crippen LogP contribution in [0.2, 0.25) is 10.0 Å². The number of hydrogen-bond acceptors (Lipinski definition) is 2. The van der Waals surface area contributed by atoms with Gasteiger partial charge in [-0.15, -0.1) is 0 Å². The van der Waals surface area contributed by atoms with E-state index in [2.05, 4.69) is 5.32 Å². The fourth-order valence-corrected chi connectivity index (χ4v) is 2.66. The van der Waals surface area contributed by atoms with E-state index in [4.69, 9.17) is 23.2 Å². The second-order valence-electron chi connectivity index (χ2n) is 4.37. The van der Waals surface area contributed by atoms with Gasteiger partial charge in [0.1, 0.15) is 6.04 Å². The summed E-state index contributed by atoms with van der Waals surface area (Å²) in [6.45, 7) is 1.72. The van der Waals surface area contributed by atoms with Crippen molar-refractivity contribution in [3.63, 3.8) is 0 Å². The summed E-state index contributed by atoms with van der Waals surface area (Å²) in [6, 6.07) is 2.65. The maximum atomic E-state index is 13.3. The fraction of sp³-hybridized carbons (Fsp3) is 0.500. The lowest BCUT2D eigenvalue weighted by Gasteiger charge is -2.36. The Labute approximate surface area is 119 Å². The molecule has 0 aliphatic carbocycles. The summed E-state index contributed by atoms with van der Waals surface area (Å²) in [4.78, 5) is 1.38. The molecule has 0 unspecified atom stereocenters. The monoisotopic (exact) mass is 312 g/mol. The molecule has 0 radical (unpaired) electrons. The molecule has 2 rings (SSSR count). The molecule has 1 aliphatic heterocycles. The molecule has 0 spiro atoms. The first kappa shape index (κ1) is 14.9. The van der Waals surface area contributed by atoms with Gasteiger partial charge in [-0.3, -0.25) is 4.90 Å². The third-order valence-corrected chi connectivity index (χ3v) is 3.94. The van der Waals surface area contributed by atoms with E-state index >= 15 is 0 Å². The van der Waals surface area contributed by atoms with Gasteiger partial charge in [-0.25, -0.2) is 0 Å². The molecule has 1 atom stereocenters. The number of nitrogens with one attached hydrogen (secondary N) is 1. The number of hydrogen-bond donors (Lipinski definition) is 1. The first-order chi connectivity index (χ1) is 8.91. The van der Waals surface area contributed by atoms with Crippen molar-refractivity contribution in [3.8, 4) is 0 Å². The number of halogens is 5. The minimum Gasteiger partial charge on any atom is -0.314 e. The van der Waals surface area contributed by atoms with Crippen LogP contribution >= 0.6 is 23.2 Å². The number of nitrogens with zero attached hydrogens (tertiary/aromatic N) is 1. The zero-order valence-corrected chi connectivity index (χ0v) is 11.5. The van der Waals surface area contributed by atoms with Gasteiger partial charge in [-0.05, 0) is 11.6 Å². The lowest BCUT2D eigenvalue weighted by molar-refractivity contribution is -0.187. The van der Waals surface area contributed by atoms with E-state index in [-0.39, 0.29) is 15.6 Å². The predicted octanol–water partition coefficient (Wildman–Crippen LogP) is 3.50. The van der Waals surface area contributed by atoms with Gasteiger partial charge in [0.15, 0.2) is 0 Å². The van der Waals surface area contributed by atoms with Crippen molar-refractivity contribution in [1.82, 2.24) is 10.2 Å². The number of rotatable bonds is 2. The first-order valence-corrected chi connectivity index (χ1v) is 6.62. The highest BCUT2D eigenvalue weighted by atomic mass is 35.5. The van der Waals surface area contributed by atoms with Gasteiger partial charge < -0.3 is 5.32 Å². The third-order valence-electron chi connectivity index (χ3n) is 3.10. The van der Waals surface area contributed by atoms with E-state index in [9.17, 15) is 13.2 Å². The summed E-state index contributed by atoms with van der Waals surface area (Å²) in [5.41, 5.74) is 0.0172. The molecule has 19 heavy (non-hydrogen) atoms. The maximum absolute atomic E-state index is 13.3. The Hall–Kier alpha value is -0.490. The van der Waals surface area contributed by atoms with Gasteiger partial charge in [0.2, 0.25) is 0 Å². The quantitative estimate of drug-likeness (QED) is 0.899. The Kier molecular flexibility index (Phi) is 4.61. The van der Waals surface area contributed by atoms with E-state index in [1.54, 1.807) is 0 Å². The van der Waals surface area contributed by atoms with Crippen LogP contribution in [0.3, 0.4) is 0 Å². The largest absolute Gasteiger partial charge is 0.408 e. The average molecular weight is 313 g/mol. The SMILES string of the molecule is FC(F)(F)[C@@H](c1cccc(Cl)c1Cl)N1CCNCC1. The fourth-order valence-electron chi connectivity index (χ4n) is 2.25. The molecule has 1 fully saturated rings. The molecular weight excluding hydrogens is 300 g/mol. The van der Waals surface area contributed by atoms with E-state index in [1.165, 1.54) is 23.1 Å². The number of benzene rings is 1. The minimum absolute atomic E-state index is 0.0172. The minimum atomic E-state index is -4.38. The molecular formula is C12H13Cl2F3N2. The first-order valence-electron chi connectivity index (χ1n) is 5.86. The summed E-state index contributed by atoms with van der Waals surface area (Å²) in [5.74, 6) is 0. The Bertz CT molecular complexity index is 445. The van der Waals surface area contributed by atoms with Crippen LogP contribution in [0, 0.1) is 0 Å². The van der Waals surface area contributed by atoms with Crippen LogP contribution in [0.1, 0.15) is 11.6 Å². The van der Waals surface area contributed by atoms with Crippen molar-refractivity contribution < 1.29 is 13.2 Å². The average Bonchev–Trinajstić information content (AvgIpc) is 2.35. The number of alkyl halides is 3. The van der Waals surface area contributed by atoms with Crippen LogP contribution < -0.4 is 5.32 Å². The maximum Gasteiger partial charge on any atom is 0.408 e. The summed E-state index contributed by atoms with van der Waals surface area (Å²) in [5, 5.41) is 3.15. The van der Waals surface area contributed by atoms with Crippen LogP contribution in [-0.4, -0.2) is 37.3 Å². The molecule has 1 N–H and O–H groups in total. The molecule has 7 heteroatoms. The van der Waals surface area contributed by atoms with Crippen LogP contribution in [0.4, 0.5) is 13.2 Å². The lowest BCUT2D eigenvalue weighted by atomic mass is 10.0. The summed E-state index contributed by atoms with van der Waals surface area (Å²) >= 11 is 11.8. The molecule has 1 aromatic rings. The Morgan fingerprint density at radius 1 is 1.16 bits per heavy atom. The lowest BCUT2D eigenvalue weighted by Crippen LogP contribution is -2.49. The Balaban J connectivity index is 2.40.